The minimum Gasteiger partial charge on any atom is -0.279 e. The third-order valence-electron chi connectivity index (χ3n) is 5.75. The fraction of sp³-hybridized carbons (Fsp3) is 0.444. The summed E-state index contributed by atoms with van der Waals surface area (Å²) in [6.07, 6.45) is 16.7. The predicted octanol–water partition coefficient (Wildman–Crippen LogP) is 2.13. The second kappa shape index (κ2) is 4.32. The summed E-state index contributed by atoms with van der Waals surface area (Å²) in [6, 6.07) is 0. The average molecular weight is 318 g/mol. The van der Waals surface area contributed by atoms with Gasteiger partial charge in [-0.1, -0.05) is 6.08 Å². The summed E-state index contributed by atoms with van der Waals surface area (Å²) in [5.74, 6) is 0.496. The molecule has 0 amide bonds. The van der Waals surface area contributed by atoms with Crippen molar-refractivity contribution in [2.45, 2.75) is 43.9 Å². The SMILES string of the molecule is C1=CC2CC2(c2nn3c(c2C2=CN4N=CCC4N=C2)CCC3)N=C1. The van der Waals surface area contributed by atoms with Gasteiger partial charge in [0, 0.05) is 60.6 Å². The summed E-state index contributed by atoms with van der Waals surface area (Å²) in [7, 11) is 0. The van der Waals surface area contributed by atoms with Gasteiger partial charge in [-0.25, -0.2) is 5.01 Å². The Morgan fingerprint density at radius 2 is 2.29 bits per heavy atom. The Morgan fingerprint density at radius 1 is 1.29 bits per heavy atom. The molecule has 0 aromatic carbocycles. The molecule has 24 heavy (non-hydrogen) atoms. The number of fused-ring (bicyclic) bond motifs is 3. The van der Waals surface area contributed by atoms with Crippen molar-refractivity contribution in [3.8, 4) is 0 Å². The number of dihydropyridines is 1. The molecule has 3 atom stereocenters. The van der Waals surface area contributed by atoms with Gasteiger partial charge in [0.15, 0.2) is 0 Å². The number of hydrogen-bond donors (Lipinski definition) is 0. The molecular formula is C18H18N6. The molecule has 0 bridgehead atoms. The van der Waals surface area contributed by atoms with E-state index in [4.69, 9.17) is 15.1 Å². The molecule has 1 aromatic rings. The zero-order valence-corrected chi connectivity index (χ0v) is 13.3. The van der Waals surface area contributed by atoms with E-state index in [0.29, 0.717) is 5.92 Å². The van der Waals surface area contributed by atoms with Crippen molar-refractivity contribution in [1.29, 1.82) is 0 Å². The van der Waals surface area contributed by atoms with Gasteiger partial charge in [-0.05, 0) is 25.3 Å². The van der Waals surface area contributed by atoms with Gasteiger partial charge in [-0.2, -0.15) is 10.2 Å². The van der Waals surface area contributed by atoms with Crippen LogP contribution in [0.3, 0.4) is 0 Å². The zero-order valence-electron chi connectivity index (χ0n) is 13.3. The second-order valence-electron chi connectivity index (χ2n) is 7.15. The lowest BCUT2D eigenvalue weighted by molar-refractivity contribution is 0.331. The fourth-order valence-corrected chi connectivity index (χ4v) is 4.42. The quantitative estimate of drug-likeness (QED) is 0.839. The van der Waals surface area contributed by atoms with Gasteiger partial charge in [0.1, 0.15) is 11.7 Å². The van der Waals surface area contributed by atoms with Crippen LogP contribution in [0.4, 0.5) is 0 Å². The van der Waals surface area contributed by atoms with Crippen LogP contribution in [0.25, 0.3) is 5.57 Å². The van der Waals surface area contributed by atoms with Crippen LogP contribution in [0, 0.1) is 5.92 Å². The molecule has 0 radical (unpaired) electrons. The smallest absolute Gasteiger partial charge is 0.146 e. The fourth-order valence-electron chi connectivity index (χ4n) is 4.42. The molecule has 0 spiro atoms. The molecule has 1 aliphatic carbocycles. The summed E-state index contributed by atoms with van der Waals surface area (Å²) in [5, 5.41) is 11.4. The molecule has 0 saturated heterocycles. The first kappa shape index (κ1) is 12.9. The third kappa shape index (κ3) is 1.56. The largest absolute Gasteiger partial charge is 0.279 e. The number of nitrogens with zero attached hydrogens (tertiary/aromatic N) is 6. The van der Waals surface area contributed by atoms with Gasteiger partial charge in [-0.15, -0.1) is 0 Å². The van der Waals surface area contributed by atoms with Crippen molar-refractivity contribution in [2.24, 2.45) is 21.0 Å². The van der Waals surface area contributed by atoms with E-state index in [1.807, 2.05) is 23.7 Å². The number of hydrazone groups is 1. The topological polar surface area (TPSA) is 58.1 Å². The highest BCUT2D eigenvalue weighted by Gasteiger charge is 2.58. The maximum absolute atomic E-state index is 5.00. The highest BCUT2D eigenvalue weighted by molar-refractivity contribution is 6.11. The van der Waals surface area contributed by atoms with E-state index in [2.05, 4.69) is 28.1 Å². The molecule has 5 aliphatic rings. The standard InChI is InChI=1S/C18H18N6/c1-3-13-9-18(13,20-6-1)17-16(14-4-2-8-23(14)22-17)12-10-19-15-5-7-21-24(15)11-12/h1,3,6-7,10-11,13,15H,2,4-5,8-9H2. The summed E-state index contributed by atoms with van der Waals surface area (Å²) in [5.41, 5.74) is 4.73. The van der Waals surface area contributed by atoms with E-state index in [0.717, 1.165) is 37.1 Å². The molecule has 0 N–H and O–H groups in total. The molecule has 3 unspecified atom stereocenters. The zero-order chi connectivity index (χ0) is 15.7. The number of aromatic nitrogens is 2. The molecule has 6 rings (SSSR count). The van der Waals surface area contributed by atoms with Crippen LogP contribution in [0.1, 0.15) is 36.2 Å². The summed E-state index contributed by atoms with van der Waals surface area (Å²) < 4.78 is 2.19. The molecule has 4 aliphatic heterocycles. The highest BCUT2D eigenvalue weighted by atomic mass is 15.5. The van der Waals surface area contributed by atoms with E-state index in [1.165, 1.54) is 17.7 Å². The van der Waals surface area contributed by atoms with Crippen LogP contribution in [0.2, 0.25) is 0 Å². The number of aliphatic imine (C=N–C) groups is 2. The monoisotopic (exact) mass is 318 g/mol. The van der Waals surface area contributed by atoms with Crippen molar-refractivity contribution in [3.63, 3.8) is 0 Å². The Balaban J connectivity index is 1.52. The number of allylic oxidation sites excluding steroid dienone is 2. The number of hydrogen-bond acceptors (Lipinski definition) is 5. The van der Waals surface area contributed by atoms with E-state index in [1.54, 1.807) is 0 Å². The molecule has 1 aromatic heterocycles. The van der Waals surface area contributed by atoms with Crippen LogP contribution in [0.5, 0.6) is 0 Å². The lowest BCUT2D eigenvalue weighted by atomic mass is 9.95. The van der Waals surface area contributed by atoms with Crippen molar-refractivity contribution in [2.75, 3.05) is 0 Å². The van der Waals surface area contributed by atoms with E-state index >= 15 is 0 Å². The van der Waals surface area contributed by atoms with Crippen molar-refractivity contribution in [1.82, 2.24) is 14.8 Å². The van der Waals surface area contributed by atoms with E-state index in [-0.39, 0.29) is 11.7 Å². The number of rotatable bonds is 2. The Morgan fingerprint density at radius 3 is 3.25 bits per heavy atom. The Labute approximate surface area is 140 Å². The highest BCUT2D eigenvalue weighted by Crippen LogP contribution is 2.58. The molecular weight excluding hydrogens is 300 g/mol. The van der Waals surface area contributed by atoms with Gasteiger partial charge < -0.3 is 0 Å². The minimum absolute atomic E-state index is 0.138. The normalized spacial score (nSPS) is 34.3. The molecule has 1 saturated carbocycles. The van der Waals surface area contributed by atoms with E-state index in [9.17, 15) is 0 Å². The minimum atomic E-state index is -0.138. The van der Waals surface area contributed by atoms with Crippen LogP contribution < -0.4 is 0 Å². The first-order valence-electron chi connectivity index (χ1n) is 8.73. The third-order valence-corrected chi connectivity index (χ3v) is 5.75. The van der Waals surface area contributed by atoms with Gasteiger partial charge in [-0.3, -0.25) is 14.7 Å². The molecule has 1 fully saturated rings. The lowest BCUT2D eigenvalue weighted by Gasteiger charge is -2.22. The summed E-state index contributed by atoms with van der Waals surface area (Å²) >= 11 is 0. The van der Waals surface area contributed by atoms with Gasteiger partial charge >= 0.3 is 0 Å². The van der Waals surface area contributed by atoms with Gasteiger partial charge in [0.05, 0.1) is 5.69 Å². The van der Waals surface area contributed by atoms with Crippen molar-refractivity contribution in [3.05, 3.63) is 35.3 Å². The van der Waals surface area contributed by atoms with Crippen LogP contribution in [-0.4, -0.2) is 39.6 Å². The Kier molecular flexibility index (Phi) is 2.31. The molecule has 120 valence electrons. The molecule has 6 nitrogen and oxygen atoms in total. The van der Waals surface area contributed by atoms with Gasteiger partial charge in [0.2, 0.25) is 0 Å². The molecule has 6 heteroatoms. The van der Waals surface area contributed by atoms with Crippen molar-refractivity contribution >= 4 is 24.2 Å². The maximum atomic E-state index is 5.00. The summed E-state index contributed by atoms with van der Waals surface area (Å²) in [6.45, 7) is 1.01. The van der Waals surface area contributed by atoms with Crippen LogP contribution in [0.15, 0.2) is 33.4 Å². The van der Waals surface area contributed by atoms with Crippen molar-refractivity contribution < 1.29 is 0 Å². The van der Waals surface area contributed by atoms with E-state index < -0.39 is 0 Å². The second-order valence-corrected chi connectivity index (χ2v) is 7.15. The molecule has 5 heterocycles. The first-order valence-corrected chi connectivity index (χ1v) is 8.73. The Bertz CT molecular complexity index is 886. The number of aryl methyl sites for hydroxylation is 1. The maximum Gasteiger partial charge on any atom is 0.146 e. The van der Waals surface area contributed by atoms with Crippen LogP contribution in [-0.2, 0) is 18.5 Å². The summed E-state index contributed by atoms with van der Waals surface area (Å²) in [4.78, 5) is 9.53. The van der Waals surface area contributed by atoms with Crippen LogP contribution >= 0.6 is 0 Å². The Hall–Kier alpha value is -2.50. The predicted molar refractivity (Wildman–Crippen MR) is 93.2 cm³/mol. The van der Waals surface area contributed by atoms with Gasteiger partial charge in [0.25, 0.3) is 0 Å². The lowest BCUT2D eigenvalue weighted by Crippen LogP contribution is -2.24. The first-order chi connectivity index (χ1) is 11.9. The average Bonchev–Trinajstić information content (AvgIpc) is 2.96.